The monoisotopic (exact) mass is 208 g/mol. The van der Waals surface area contributed by atoms with Gasteiger partial charge in [-0.15, -0.1) is 0 Å². The summed E-state index contributed by atoms with van der Waals surface area (Å²) in [4.78, 5) is 11.7. The molecule has 1 aliphatic heterocycles. The average Bonchev–Trinajstić information content (AvgIpc) is 2.58. The summed E-state index contributed by atoms with van der Waals surface area (Å²) in [6.07, 6.45) is 2.47. The summed E-state index contributed by atoms with van der Waals surface area (Å²) in [6, 6.07) is 1.53. The van der Waals surface area contributed by atoms with Crippen LogP contribution in [0.4, 0.5) is 0 Å². The predicted molar refractivity (Wildman–Crippen MR) is 57.4 cm³/mol. The molecule has 1 aromatic rings. The highest BCUT2D eigenvalue weighted by Crippen LogP contribution is 2.37. The maximum Gasteiger partial charge on any atom is 0.292 e. The minimum atomic E-state index is -0.223. The molecule has 0 N–H and O–H groups in total. The van der Waals surface area contributed by atoms with Crippen LogP contribution in [0.3, 0.4) is 0 Å². The van der Waals surface area contributed by atoms with E-state index in [1.54, 1.807) is 6.92 Å². The maximum absolute atomic E-state index is 11.7. The van der Waals surface area contributed by atoms with E-state index in [4.69, 9.17) is 9.15 Å². The molecule has 0 saturated heterocycles. The van der Waals surface area contributed by atoms with E-state index in [9.17, 15) is 4.79 Å². The number of ether oxygens (including phenoxy) is 1. The second-order valence-electron chi connectivity index (χ2n) is 4.16. The first-order valence-electron chi connectivity index (χ1n) is 5.43. The average molecular weight is 208 g/mol. The molecule has 0 bridgehead atoms. The lowest BCUT2D eigenvalue weighted by molar-refractivity contribution is 0.0603. The molecule has 2 heterocycles. The molecule has 2 rings (SSSR count). The van der Waals surface area contributed by atoms with Crippen molar-refractivity contribution in [2.24, 2.45) is 0 Å². The first-order chi connectivity index (χ1) is 7.10. The van der Waals surface area contributed by atoms with Gasteiger partial charge in [0.15, 0.2) is 5.43 Å². The second-order valence-corrected chi connectivity index (χ2v) is 4.16. The molecule has 3 nitrogen and oxygen atoms in total. The van der Waals surface area contributed by atoms with Gasteiger partial charge in [-0.3, -0.25) is 4.79 Å². The molecule has 15 heavy (non-hydrogen) atoms. The minimum absolute atomic E-state index is 0.0394. The fourth-order valence-corrected chi connectivity index (χ4v) is 2.05. The van der Waals surface area contributed by atoms with E-state index in [0.29, 0.717) is 23.7 Å². The smallest absolute Gasteiger partial charge is 0.292 e. The first-order valence-corrected chi connectivity index (χ1v) is 5.43. The summed E-state index contributed by atoms with van der Waals surface area (Å²) in [6.45, 7) is 5.92. The van der Waals surface area contributed by atoms with Crippen molar-refractivity contribution in [3.8, 4) is 5.95 Å². The molecular weight excluding hydrogens is 192 g/mol. The summed E-state index contributed by atoms with van der Waals surface area (Å²) < 4.78 is 11.2. The van der Waals surface area contributed by atoms with Crippen LogP contribution in [0.1, 0.15) is 38.0 Å². The van der Waals surface area contributed by atoms with Crippen LogP contribution in [0.25, 0.3) is 0 Å². The fourth-order valence-electron chi connectivity index (χ4n) is 2.05. The number of fused-ring (bicyclic) bond motifs is 1. The van der Waals surface area contributed by atoms with Gasteiger partial charge in [0.1, 0.15) is 11.4 Å². The fraction of sp³-hybridized carbons (Fsp3) is 0.583. The molecule has 0 amide bonds. The molecule has 0 radical (unpaired) electrons. The third-order valence-electron chi connectivity index (χ3n) is 3.23. The Balaban J connectivity index is 2.47. The molecule has 0 aliphatic carbocycles. The van der Waals surface area contributed by atoms with E-state index in [1.807, 2.05) is 0 Å². The first kappa shape index (κ1) is 10.3. The largest absolute Gasteiger partial charge is 0.458 e. The molecule has 0 aromatic carbocycles. The van der Waals surface area contributed by atoms with Crippen molar-refractivity contribution in [2.45, 2.75) is 45.6 Å². The van der Waals surface area contributed by atoms with E-state index >= 15 is 0 Å². The lowest BCUT2D eigenvalue weighted by Gasteiger charge is -2.24. The zero-order valence-electron chi connectivity index (χ0n) is 9.42. The van der Waals surface area contributed by atoms with Crippen molar-refractivity contribution in [2.75, 3.05) is 0 Å². The molecule has 0 atom stereocenters. The van der Waals surface area contributed by atoms with Crippen LogP contribution in [0, 0.1) is 6.92 Å². The van der Waals surface area contributed by atoms with Gasteiger partial charge in [0.05, 0.1) is 5.56 Å². The van der Waals surface area contributed by atoms with Crippen LogP contribution in [-0.2, 0) is 6.42 Å². The number of rotatable bonds is 2. The Labute approximate surface area is 89.1 Å². The minimum Gasteiger partial charge on any atom is -0.458 e. The Kier molecular flexibility index (Phi) is 2.33. The molecular formula is C12H16O3. The zero-order chi connectivity index (χ0) is 11.1. The Morgan fingerprint density at radius 2 is 2.07 bits per heavy atom. The number of hydrogen-bond acceptors (Lipinski definition) is 3. The highest BCUT2D eigenvalue weighted by molar-refractivity contribution is 5.31. The Bertz CT molecular complexity index is 427. The number of aryl methyl sites for hydroxylation is 1. The Morgan fingerprint density at radius 1 is 1.40 bits per heavy atom. The lowest BCUT2D eigenvalue weighted by atomic mass is 9.92. The standard InChI is InChI=1S/C12H16O3/c1-4-12(5-2)7-9-10(13)6-8(3)14-11(9)15-12/h6H,4-5,7H2,1-3H3. The van der Waals surface area contributed by atoms with Gasteiger partial charge in [0.2, 0.25) is 0 Å². The second kappa shape index (κ2) is 3.40. The third-order valence-corrected chi connectivity index (χ3v) is 3.23. The molecule has 0 spiro atoms. The summed E-state index contributed by atoms with van der Waals surface area (Å²) in [5.74, 6) is 1.05. The van der Waals surface area contributed by atoms with Gasteiger partial charge in [-0.25, -0.2) is 0 Å². The molecule has 0 unspecified atom stereocenters. The topological polar surface area (TPSA) is 39.4 Å². The molecule has 0 saturated carbocycles. The van der Waals surface area contributed by atoms with Gasteiger partial charge < -0.3 is 9.15 Å². The van der Waals surface area contributed by atoms with Gasteiger partial charge in [0.25, 0.3) is 5.95 Å². The van der Waals surface area contributed by atoms with Crippen LogP contribution in [0.15, 0.2) is 15.3 Å². The molecule has 1 aromatic heterocycles. The van der Waals surface area contributed by atoms with E-state index in [2.05, 4.69) is 13.8 Å². The molecule has 82 valence electrons. The van der Waals surface area contributed by atoms with E-state index in [-0.39, 0.29) is 11.0 Å². The van der Waals surface area contributed by atoms with Gasteiger partial charge >= 0.3 is 0 Å². The molecule has 0 fully saturated rings. The van der Waals surface area contributed by atoms with E-state index in [1.165, 1.54) is 6.07 Å². The normalized spacial score (nSPS) is 17.3. The number of hydrogen-bond donors (Lipinski definition) is 0. The maximum atomic E-state index is 11.7. The lowest BCUT2D eigenvalue weighted by Crippen LogP contribution is -2.32. The van der Waals surface area contributed by atoms with Crippen molar-refractivity contribution >= 4 is 0 Å². The van der Waals surface area contributed by atoms with Crippen molar-refractivity contribution in [3.05, 3.63) is 27.6 Å². The summed E-state index contributed by atoms with van der Waals surface area (Å²) >= 11 is 0. The van der Waals surface area contributed by atoms with Crippen LogP contribution in [0.2, 0.25) is 0 Å². The van der Waals surface area contributed by atoms with Gasteiger partial charge in [-0.2, -0.15) is 0 Å². The van der Waals surface area contributed by atoms with Gasteiger partial charge in [-0.1, -0.05) is 13.8 Å². The third kappa shape index (κ3) is 1.56. The van der Waals surface area contributed by atoms with Crippen molar-refractivity contribution in [1.82, 2.24) is 0 Å². The Hall–Kier alpha value is -1.25. The zero-order valence-corrected chi connectivity index (χ0v) is 9.42. The quantitative estimate of drug-likeness (QED) is 0.749. The molecule has 3 heteroatoms. The van der Waals surface area contributed by atoms with Crippen LogP contribution >= 0.6 is 0 Å². The van der Waals surface area contributed by atoms with Gasteiger partial charge in [0, 0.05) is 12.5 Å². The van der Waals surface area contributed by atoms with Crippen molar-refractivity contribution in [1.29, 1.82) is 0 Å². The van der Waals surface area contributed by atoms with E-state index < -0.39 is 0 Å². The van der Waals surface area contributed by atoms with Crippen LogP contribution < -0.4 is 10.2 Å². The van der Waals surface area contributed by atoms with Gasteiger partial charge in [-0.05, 0) is 19.8 Å². The Morgan fingerprint density at radius 3 is 2.67 bits per heavy atom. The SMILES string of the molecule is CCC1(CC)Cc2c(oc(C)cc2=O)O1. The van der Waals surface area contributed by atoms with Crippen LogP contribution in [0.5, 0.6) is 5.95 Å². The molecule has 1 aliphatic rings. The summed E-state index contributed by atoms with van der Waals surface area (Å²) in [5, 5.41) is 0. The van der Waals surface area contributed by atoms with Crippen LogP contribution in [-0.4, -0.2) is 5.60 Å². The predicted octanol–water partition coefficient (Wildman–Crippen LogP) is 2.44. The summed E-state index contributed by atoms with van der Waals surface area (Å²) in [5.41, 5.74) is 0.514. The summed E-state index contributed by atoms with van der Waals surface area (Å²) in [7, 11) is 0. The highest BCUT2D eigenvalue weighted by Gasteiger charge is 2.39. The van der Waals surface area contributed by atoms with E-state index in [0.717, 1.165) is 12.8 Å². The van der Waals surface area contributed by atoms with Crippen molar-refractivity contribution < 1.29 is 9.15 Å². The van der Waals surface area contributed by atoms with Crippen molar-refractivity contribution in [3.63, 3.8) is 0 Å². The highest BCUT2D eigenvalue weighted by atomic mass is 16.6.